The molecule has 0 radical (unpaired) electrons. The molecule has 0 amide bonds. The van der Waals surface area contributed by atoms with Crippen LogP contribution in [0.3, 0.4) is 0 Å². The molecule has 13 heavy (non-hydrogen) atoms. The maximum atomic E-state index is 2.56. The lowest BCUT2D eigenvalue weighted by Gasteiger charge is -2.51. The maximum absolute atomic E-state index is 2.56. The fraction of sp³-hybridized carbons (Fsp3) is 1.00. The molecular weight excluding hydrogens is 156 g/mol. The van der Waals surface area contributed by atoms with Crippen LogP contribution in [0.4, 0.5) is 0 Å². The van der Waals surface area contributed by atoms with Crippen molar-refractivity contribution in [2.45, 2.75) is 65.7 Å². The van der Waals surface area contributed by atoms with Crippen molar-refractivity contribution in [1.82, 2.24) is 0 Å². The van der Waals surface area contributed by atoms with Gasteiger partial charge in [0.2, 0.25) is 0 Å². The molecule has 0 N–H and O–H groups in total. The van der Waals surface area contributed by atoms with E-state index in [0.717, 1.165) is 11.3 Å². The molecule has 0 aromatic carbocycles. The van der Waals surface area contributed by atoms with Gasteiger partial charge in [-0.25, -0.2) is 0 Å². The second-order valence-corrected chi connectivity index (χ2v) is 5.99. The Bertz CT molecular complexity index is 190. The minimum absolute atomic E-state index is 0.700. The zero-order valence-electron chi connectivity index (χ0n) is 9.53. The zero-order chi connectivity index (χ0) is 9.53. The van der Waals surface area contributed by atoms with Gasteiger partial charge in [-0.3, -0.25) is 0 Å². The molecule has 0 aromatic rings. The smallest absolute Gasteiger partial charge is 0.0269 e. The van der Waals surface area contributed by atoms with Gasteiger partial charge < -0.3 is 0 Å². The second kappa shape index (κ2) is 3.00. The van der Waals surface area contributed by atoms with E-state index in [9.17, 15) is 0 Å². The quantitative estimate of drug-likeness (QED) is 0.591. The van der Waals surface area contributed by atoms with Gasteiger partial charge in [0.05, 0.1) is 0 Å². The third-order valence-corrected chi connectivity index (χ3v) is 5.34. The van der Waals surface area contributed by atoms with Gasteiger partial charge in [-0.2, -0.15) is 0 Å². The van der Waals surface area contributed by atoms with Crippen LogP contribution in [0.1, 0.15) is 65.7 Å². The van der Waals surface area contributed by atoms with Crippen LogP contribution < -0.4 is 0 Å². The van der Waals surface area contributed by atoms with E-state index in [1.807, 2.05) is 0 Å². The Morgan fingerprint density at radius 1 is 1.08 bits per heavy atom. The Morgan fingerprint density at radius 3 is 2.15 bits per heavy atom. The Morgan fingerprint density at radius 2 is 1.77 bits per heavy atom. The van der Waals surface area contributed by atoms with Gasteiger partial charge in [-0.15, -0.1) is 0 Å². The van der Waals surface area contributed by atoms with Gasteiger partial charge >= 0.3 is 0 Å². The number of hydrogen-bond donors (Lipinski definition) is 0. The van der Waals surface area contributed by atoms with Crippen LogP contribution in [0, 0.1) is 16.7 Å². The Kier molecular flexibility index (Phi) is 2.20. The van der Waals surface area contributed by atoms with E-state index in [0.29, 0.717) is 5.41 Å². The van der Waals surface area contributed by atoms with Gasteiger partial charge in [-0.1, -0.05) is 33.6 Å². The van der Waals surface area contributed by atoms with Gasteiger partial charge in [0.25, 0.3) is 0 Å². The molecule has 2 aliphatic rings. The molecule has 0 spiro atoms. The molecule has 2 fully saturated rings. The topological polar surface area (TPSA) is 0 Å². The summed E-state index contributed by atoms with van der Waals surface area (Å²) < 4.78 is 0. The van der Waals surface area contributed by atoms with Crippen molar-refractivity contribution in [3.63, 3.8) is 0 Å². The average molecular weight is 180 g/mol. The van der Waals surface area contributed by atoms with Gasteiger partial charge in [0.1, 0.15) is 0 Å². The molecule has 2 unspecified atom stereocenters. The molecule has 2 rings (SSSR count). The summed E-state index contributed by atoms with van der Waals surface area (Å²) in [5, 5.41) is 0. The first-order valence-corrected chi connectivity index (χ1v) is 6.10. The van der Waals surface area contributed by atoms with Crippen molar-refractivity contribution in [2.75, 3.05) is 0 Å². The molecule has 2 atom stereocenters. The van der Waals surface area contributed by atoms with Crippen LogP contribution in [0.15, 0.2) is 0 Å². The van der Waals surface area contributed by atoms with E-state index in [1.165, 1.54) is 44.9 Å². The first kappa shape index (κ1) is 9.55. The van der Waals surface area contributed by atoms with E-state index in [2.05, 4.69) is 20.8 Å². The summed E-state index contributed by atoms with van der Waals surface area (Å²) in [4.78, 5) is 0. The predicted octanol–water partition coefficient (Wildman–Crippen LogP) is 4.39. The summed E-state index contributed by atoms with van der Waals surface area (Å²) in [6, 6.07) is 0. The highest BCUT2D eigenvalue weighted by atomic mass is 14.6. The van der Waals surface area contributed by atoms with E-state index in [-0.39, 0.29) is 0 Å². The van der Waals surface area contributed by atoms with Crippen LogP contribution in [-0.2, 0) is 0 Å². The van der Waals surface area contributed by atoms with Gasteiger partial charge in [0.15, 0.2) is 0 Å². The van der Waals surface area contributed by atoms with Crippen molar-refractivity contribution in [1.29, 1.82) is 0 Å². The van der Waals surface area contributed by atoms with Crippen molar-refractivity contribution in [3.8, 4) is 0 Å². The summed E-state index contributed by atoms with van der Waals surface area (Å²) in [7, 11) is 0. The molecule has 0 bridgehead atoms. The lowest BCUT2D eigenvalue weighted by molar-refractivity contribution is -0.00890. The summed E-state index contributed by atoms with van der Waals surface area (Å²) >= 11 is 0. The normalized spacial score (nSPS) is 43.2. The molecule has 0 heteroatoms. The lowest BCUT2D eigenvalue weighted by atomic mass is 9.54. The fourth-order valence-electron chi connectivity index (χ4n) is 3.57. The Hall–Kier alpha value is 0. The first-order chi connectivity index (χ1) is 6.10. The summed E-state index contributed by atoms with van der Waals surface area (Å²) in [5.41, 5.74) is 1.42. The molecule has 76 valence electrons. The van der Waals surface area contributed by atoms with Crippen molar-refractivity contribution < 1.29 is 0 Å². The molecule has 0 nitrogen and oxygen atoms in total. The Labute approximate surface area is 83.1 Å². The van der Waals surface area contributed by atoms with Gasteiger partial charge in [0, 0.05) is 0 Å². The summed E-state index contributed by atoms with van der Waals surface area (Å²) in [5.74, 6) is 1.04. The predicted molar refractivity (Wildman–Crippen MR) is 57.7 cm³/mol. The minimum atomic E-state index is 0.700. The second-order valence-electron chi connectivity index (χ2n) is 5.99. The van der Waals surface area contributed by atoms with Crippen molar-refractivity contribution >= 4 is 0 Å². The van der Waals surface area contributed by atoms with E-state index >= 15 is 0 Å². The van der Waals surface area contributed by atoms with Crippen LogP contribution in [0.25, 0.3) is 0 Å². The third-order valence-electron chi connectivity index (χ3n) is 5.34. The SMILES string of the molecule is CCC1CCC(C)(C2(C)CCC2)C1. The first-order valence-electron chi connectivity index (χ1n) is 6.10. The molecular formula is C13H24. The summed E-state index contributed by atoms with van der Waals surface area (Å²) in [6.07, 6.45) is 10.4. The number of rotatable bonds is 2. The fourth-order valence-corrected chi connectivity index (χ4v) is 3.57. The molecule has 0 heterocycles. The van der Waals surface area contributed by atoms with E-state index in [1.54, 1.807) is 0 Å². The van der Waals surface area contributed by atoms with Crippen molar-refractivity contribution in [2.24, 2.45) is 16.7 Å². The largest absolute Gasteiger partial charge is 0.0651 e. The third kappa shape index (κ3) is 1.33. The zero-order valence-corrected chi connectivity index (χ0v) is 9.53. The monoisotopic (exact) mass is 180 g/mol. The van der Waals surface area contributed by atoms with Crippen LogP contribution >= 0.6 is 0 Å². The highest BCUT2D eigenvalue weighted by molar-refractivity contribution is 5.01. The van der Waals surface area contributed by atoms with E-state index < -0.39 is 0 Å². The average Bonchev–Trinajstić information content (AvgIpc) is 2.44. The molecule has 2 saturated carbocycles. The Balaban J connectivity index is 2.05. The standard InChI is InChI=1S/C13H24/c1-4-11-6-9-13(3,10-11)12(2)7-5-8-12/h11H,4-10H2,1-3H3. The minimum Gasteiger partial charge on any atom is -0.0651 e. The van der Waals surface area contributed by atoms with E-state index in [4.69, 9.17) is 0 Å². The maximum Gasteiger partial charge on any atom is -0.0269 e. The lowest BCUT2D eigenvalue weighted by Crippen LogP contribution is -2.41. The van der Waals surface area contributed by atoms with Crippen LogP contribution in [0.5, 0.6) is 0 Å². The highest BCUT2D eigenvalue weighted by Gasteiger charge is 2.50. The molecule has 2 aliphatic carbocycles. The molecule has 0 aliphatic heterocycles. The molecule has 0 aromatic heterocycles. The van der Waals surface area contributed by atoms with Crippen LogP contribution in [0.2, 0.25) is 0 Å². The number of hydrogen-bond acceptors (Lipinski definition) is 0. The van der Waals surface area contributed by atoms with Crippen molar-refractivity contribution in [3.05, 3.63) is 0 Å². The molecule has 0 saturated heterocycles. The van der Waals surface area contributed by atoms with Gasteiger partial charge in [-0.05, 0) is 48.9 Å². The highest BCUT2D eigenvalue weighted by Crippen LogP contribution is 2.61. The summed E-state index contributed by atoms with van der Waals surface area (Å²) in [6.45, 7) is 7.45. The van der Waals surface area contributed by atoms with Crippen LogP contribution in [-0.4, -0.2) is 0 Å².